The van der Waals surface area contributed by atoms with Crippen LogP contribution in [0, 0.1) is 6.92 Å². The highest BCUT2D eigenvalue weighted by Gasteiger charge is 2.22. The van der Waals surface area contributed by atoms with Crippen molar-refractivity contribution in [3.63, 3.8) is 0 Å². The molecular formula is C9H8Cl2N4O3S. The quantitative estimate of drug-likeness (QED) is 0.836. The summed E-state index contributed by atoms with van der Waals surface area (Å²) in [5.74, 6) is 0.222. The smallest absolute Gasteiger partial charge is 0.329 e. The van der Waals surface area contributed by atoms with E-state index in [1.54, 1.807) is 0 Å². The van der Waals surface area contributed by atoms with Crippen LogP contribution in [-0.4, -0.2) is 18.6 Å². The molecule has 1 aromatic heterocycles. The van der Waals surface area contributed by atoms with Crippen LogP contribution in [0.4, 0.5) is 11.7 Å². The molecule has 19 heavy (non-hydrogen) atoms. The standard InChI is InChI=1S/C9H8Cl2N4O3S/c1-4-13-14-9(18-4)15-19(16,17)6-3-2-5(10)8(12)7(6)11/h2-3H,12H2,1H3,(H,14,15). The molecule has 0 aliphatic rings. The third-order valence-corrected chi connectivity index (χ3v) is 4.34. The van der Waals surface area contributed by atoms with Gasteiger partial charge in [-0.2, -0.15) is 0 Å². The van der Waals surface area contributed by atoms with E-state index < -0.39 is 10.0 Å². The molecule has 0 fully saturated rings. The van der Waals surface area contributed by atoms with Gasteiger partial charge in [0.05, 0.1) is 15.7 Å². The van der Waals surface area contributed by atoms with Gasteiger partial charge < -0.3 is 10.2 Å². The van der Waals surface area contributed by atoms with Gasteiger partial charge in [0.2, 0.25) is 5.89 Å². The minimum Gasteiger partial charge on any atom is -0.408 e. The molecule has 0 atom stereocenters. The minimum absolute atomic E-state index is 0.0204. The number of hydrogen-bond donors (Lipinski definition) is 2. The van der Waals surface area contributed by atoms with Gasteiger partial charge in [0.1, 0.15) is 4.90 Å². The minimum atomic E-state index is -3.99. The van der Waals surface area contributed by atoms with Crippen molar-refractivity contribution in [1.29, 1.82) is 0 Å². The van der Waals surface area contributed by atoms with Crippen LogP contribution < -0.4 is 10.5 Å². The Bertz CT molecular complexity index is 729. The van der Waals surface area contributed by atoms with Crippen LogP contribution in [0.1, 0.15) is 5.89 Å². The molecule has 0 saturated carbocycles. The molecule has 102 valence electrons. The molecule has 10 heteroatoms. The Balaban J connectivity index is 2.43. The number of halogens is 2. The zero-order valence-electron chi connectivity index (χ0n) is 9.52. The summed E-state index contributed by atoms with van der Waals surface area (Å²) in [6.07, 6.45) is 0. The first-order valence-corrected chi connectivity index (χ1v) is 7.11. The second-order valence-corrected chi connectivity index (χ2v) is 5.94. The number of hydrogen-bond acceptors (Lipinski definition) is 6. The molecule has 0 radical (unpaired) electrons. The summed E-state index contributed by atoms with van der Waals surface area (Å²) in [4.78, 5) is -0.230. The van der Waals surface area contributed by atoms with Crippen LogP contribution in [0.2, 0.25) is 10.0 Å². The van der Waals surface area contributed by atoms with Crippen molar-refractivity contribution in [3.05, 3.63) is 28.1 Å². The van der Waals surface area contributed by atoms with Crippen LogP contribution in [0.25, 0.3) is 0 Å². The lowest BCUT2D eigenvalue weighted by molar-refractivity contribution is 0.534. The number of nitrogen functional groups attached to an aromatic ring is 1. The maximum Gasteiger partial charge on any atom is 0.329 e. The Morgan fingerprint density at radius 2 is 2.00 bits per heavy atom. The summed E-state index contributed by atoms with van der Waals surface area (Å²) in [5.41, 5.74) is 5.55. The number of benzene rings is 1. The number of nitrogens with one attached hydrogen (secondary N) is 1. The summed E-state index contributed by atoms with van der Waals surface area (Å²) < 4.78 is 31.2. The maximum absolute atomic E-state index is 12.1. The van der Waals surface area contributed by atoms with Gasteiger partial charge in [-0.3, -0.25) is 0 Å². The van der Waals surface area contributed by atoms with Crippen LogP contribution >= 0.6 is 23.2 Å². The highest BCUT2D eigenvalue weighted by molar-refractivity contribution is 7.92. The third kappa shape index (κ3) is 2.75. The highest BCUT2D eigenvalue weighted by atomic mass is 35.5. The number of rotatable bonds is 3. The van der Waals surface area contributed by atoms with E-state index in [0.29, 0.717) is 0 Å². The molecule has 0 spiro atoms. The Hall–Kier alpha value is -1.51. The normalized spacial score (nSPS) is 11.5. The van der Waals surface area contributed by atoms with Gasteiger partial charge in [0.25, 0.3) is 10.0 Å². The second-order valence-electron chi connectivity index (χ2n) is 3.50. The fraction of sp³-hybridized carbons (Fsp3) is 0.111. The van der Waals surface area contributed by atoms with Crippen LogP contribution in [0.3, 0.4) is 0 Å². The van der Waals surface area contributed by atoms with E-state index in [9.17, 15) is 8.42 Å². The fourth-order valence-electron chi connectivity index (χ4n) is 1.26. The Morgan fingerprint density at radius 3 is 2.58 bits per heavy atom. The van der Waals surface area contributed by atoms with E-state index in [4.69, 9.17) is 33.4 Å². The van der Waals surface area contributed by atoms with E-state index in [0.717, 1.165) is 0 Å². The topological polar surface area (TPSA) is 111 Å². The van der Waals surface area contributed by atoms with Gasteiger partial charge >= 0.3 is 6.01 Å². The van der Waals surface area contributed by atoms with Crippen LogP contribution in [0.15, 0.2) is 21.4 Å². The predicted octanol–water partition coefficient (Wildman–Crippen LogP) is 2.07. The van der Waals surface area contributed by atoms with Crippen molar-refractivity contribution >= 4 is 44.9 Å². The van der Waals surface area contributed by atoms with Crippen molar-refractivity contribution in [2.75, 3.05) is 10.5 Å². The van der Waals surface area contributed by atoms with Crippen molar-refractivity contribution < 1.29 is 12.8 Å². The summed E-state index contributed by atoms with van der Waals surface area (Å²) in [6.45, 7) is 1.53. The Morgan fingerprint density at radius 1 is 1.32 bits per heavy atom. The van der Waals surface area contributed by atoms with E-state index >= 15 is 0 Å². The first-order valence-electron chi connectivity index (χ1n) is 4.87. The molecule has 1 aromatic carbocycles. The van der Waals surface area contributed by atoms with E-state index in [1.807, 2.05) is 0 Å². The molecule has 0 aliphatic heterocycles. The number of nitrogens with two attached hydrogens (primary N) is 1. The first-order chi connectivity index (χ1) is 8.81. The molecule has 0 amide bonds. The largest absolute Gasteiger partial charge is 0.408 e. The lowest BCUT2D eigenvalue weighted by atomic mass is 10.3. The molecule has 2 rings (SSSR count). The zero-order valence-corrected chi connectivity index (χ0v) is 11.8. The molecule has 2 aromatic rings. The fourth-order valence-corrected chi connectivity index (χ4v) is 2.96. The zero-order chi connectivity index (χ0) is 14.2. The number of nitrogens with zero attached hydrogens (tertiary/aromatic N) is 2. The molecule has 1 heterocycles. The summed E-state index contributed by atoms with van der Waals surface area (Å²) in [5, 5.41) is 7.01. The molecule has 7 nitrogen and oxygen atoms in total. The summed E-state index contributed by atoms with van der Waals surface area (Å²) >= 11 is 11.6. The highest BCUT2D eigenvalue weighted by Crippen LogP contribution is 2.33. The lowest BCUT2D eigenvalue weighted by Crippen LogP contribution is -2.14. The average Bonchev–Trinajstić information content (AvgIpc) is 2.70. The van der Waals surface area contributed by atoms with Crippen LogP contribution in [-0.2, 0) is 10.0 Å². The Kier molecular flexibility index (Phi) is 3.57. The first kappa shape index (κ1) is 13.9. The van der Waals surface area contributed by atoms with Gasteiger partial charge in [-0.1, -0.05) is 28.3 Å². The van der Waals surface area contributed by atoms with Crippen molar-refractivity contribution in [3.8, 4) is 0 Å². The number of aryl methyl sites for hydroxylation is 1. The van der Waals surface area contributed by atoms with Gasteiger partial charge in [0, 0.05) is 6.92 Å². The van der Waals surface area contributed by atoms with Gasteiger partial charge in [-0.05, 0) is 12.1 Å². The summed E-state index contributed by atoms with van der Waals surface area (Å²) in [7, 11) is -3.99. The molecule has 3 N–H and O–H groups in total. The second kappa shape index (κ2) is 4.87. The molecule has 0 aliphatic carbocycles. The predicted molar refractivity (Wildman–Crippen MR) is 70.7 cm³/mol. The number of anilines is 2. The van der Waals surface area contributed by atoms with Gasteiger partial charge in [-0.15, -0.1) is 5.10 Å². The van der Waals surface area contributed by atoms with Crippen molar-refractivity contribution in [2.24, 2.45) is 0 Å². The molecule has 0 bridgehead atoms. The summed E-state index contributed by atoms with van der Waals surface area (Å²) in [6, 6.07) is 2.30. The van der Waals surface area contributed by atoms with Gasteiger partial charge in [0.15, 0.2) is 0 Å². The van der Waals surface area contributed by atoms with E-state index in [1.165, 1.54) is 19.1 Å². The third-order valence-electron chi connectivity index (χ3n) is 2.13. The molecular weight excluding hydrogens is 315 g/mol. The molecule has 0 saturated heterocycles. The monoisotopic (exact) mass is 322 g/mol. The van der Waals surface area contributed by atoms with Crippen LogP contribution in [0.5, 0.6) is 0 Å². The lowest BCUT2D eigenvalue weighted by Gasteiger charge is -2.08. The Labute approximate surface area is 118 Å². The number of sulfonamides is 1. The molecule has 0 unspecified atom stereocenters. The van der Waals surface area contributed by atoms with Gasteiger partial charge in [-0.25, -0.2) is 13.1 Å². The SMILES string of the molecule is Cc1nnc(NS(=O)(=O)c2ccc(Cl)c(N)c2Cl)o1. The number of aromatic nitrogens is 2. The average molecular weight is 323 g/mol. The maximum atomic E-state index is 12.1. The van der Waals surface area contributed by atoms with E-state index in [2.05, 4.69) is 14.9 Å². The van der Waals surface area contributed by atoms with Crippen molar-refractivity contribution in [2.45, 2.75) is 11.8 Å². The van der Waals surface area contributed by atoms with Crippen molar-refractivity contribution in [1.82, 2.24) is 10.2 Å². The van der Waals surface area contributed by atoms with E-state index in [-0.39, 0.29) is 32.5 Å².